The van der Waals surface area contributed by atoms with Crippen molar-refractivity contribution in [3.05, 3.63) is 65.7 Å². The monoisotopic (exact) mass is 448 g/mol. The van der Waals surface area contributed by atoms with Crippen molar-refractivity contribution in [3.8, 4) is 0 Å². The van der Waals surface area contributed by atoms with E-state index in [1.165, 1.54) is 17.0 Å². The average molecular weight is 449 g/mol. The number of hydrogen-bond donors (Lipinski definition) is 1. The van der Waals surface area contributed by atoms with Gasteiger partial charge in [0.05, 0.1) is 11.5 Å². The molecule has 0 spiro atoms. The van der Waals surface area contributed by atoms with E-state index in [9.17, 15) is 22.8 Å². The molecule has 0 aliphatic heterocycles. The summed E-state index contributed by atoms with van der Waals surface area (Å²) in [6.45, 7) is 4.46. The Morgan fingerprint density at radius 2 is 1.72 bits per heavy atom. The lowest BCUT2D eigenvalue weighted by Gasteiger charge is -2.24. The number of unbranched alkanes of at least 4 members (excludes halogenated alkanes) is 1. The molecular formula is C25H31F3N2O2. The average Bonchev–Trinajstić information content (AvgIpc) is 2.78. The Balaban J connectivity index is 2.03. The summed E-state index contributed by atoms with van der Waals surface area (Å²) in [5, 5.41) is 2.90. The Labute approximate surface area is 187 Å². The molecule has 2 aromatic carbocycles. The number of carbonyl (C=O) groups excluding carboxylic acids is 2. The second kappa shape index (κ2) is 12.3. The Morgan fingerprint density at radius 3 is 2.34 bits per heavy atom. The maximum Gasteiger partial charge on any atom is 0.416 e. The second-order valence-electron chi connectivity index (χ2n) is 7.71. The van der Waals surface area contributed by atoms with E-state index in [0.717, 1.165) is 24.1 Å². The van der Waals surface area contributed by atoms with Crippen LogP contribution in [-0.2, 0) is 15.8 Å². The van der Waals surface area contributed by atoms with Gasteiger partial charge in [0.2, 0.25) is 11.8 Å². The Kier molecular flexibility index (Phi) is 9.75. The van der Waals surface area contributed by atoms with E-state index in [4.69, 9.17) is 0 Å². The van der Waals surface area contributed by atoms with Gasteiger partial charge in [0.1, 0.15) is 0 Å². The van der Waals surface area contributed by atoms with Crippen LogP contribution >= 0.6 is 0 Å². The summed E-state index contributed by atoms with van der Waals surface area (Å²) >= 11 is 0. The van der Waals surface area contributed by atoms with Gasteiger partial charge in [-0.05, 0) is 43.0 Å². The van der Waals surface area contributed by atoms with Crippen molar-refractivity contribution in [1.29, 1.82) is 0 Å². The Morgan fingerprint density at radius 1 is 1.00 bits per heavy atom. The first-order chi connectivity index (χ1) is 15.3. The number of nitrogens with zero attached hydrogens (tertiary/aromatic N) is 1. The lowest BCUT2D eigenvalue weighted by molar-refractivity contribution is -0.137. The van der Waals surface area contributed by atoms with E-state index in [2.05, 4.69) is 5.32 Å². The van der Waals surface area contributed by atoms with Gasteiger partial charge in [-0.25, -0.2) is 0 Å². The summed E-state index contributed by atoms with van der Waals surface area (Å²) in [5.74, 6) is -0.572. The van der Waals surface area contributed by atoms with Crippen LogP contribution in [0, 0.1) is 0 Å². The summed E-state index contributed by atoms with van der Waals surface area (Å²) in [5.41, 5.74) is 0.376. The third-order valence-electron chi connectivity index (χ3n) is 5.31. The molecular weight excluding hydrogens is 417 g/mol. The molecule has 1 unspecified atom stereocenters. The number of amides is 2. The van der Waals surface area contributed by atoms with Crippen LogP contribution in [0.25, 0.3) is 0 Å². The first-order valence-electron chi connectivity index (χ1n) is 11.1. The molecule has 0 saturated heterocycles. The standard InChI is InChI=1S/C25H31F3N2O2/c1-3-5-15-23(31)30(21-14-9-13-20(18-21)25(26,27)28)17-10-16-29-24(32)22(4-2)19-11-7-6-8-12-19/h6-9,11-14,18,22H,3-5,10,15-17H2,1-2H3,(H,29,32). The molecule has 0 aliphatic carbocycles. The van der Waals surface area contributed by atoms with Crippen LogP contribution in [0.1, 0.15) is 63.0 Å². The topological polar surface area (TPSA) is 49.4 Å². The van der Waals surface area contributed by atoms with E-state index in [1.807, 2.05) is 44.2 Å². The lowest BCUT2D eigenvalue weighted by Crippen LogP contribution is -2.35. The van der Waals surface area contributed by atoms with E-state index < -0.39 is 11.7 Å². The van der Waals surface area contributed by atoms with Crippen LogP contribution in [0.4, 0.5) is 18.9 Å². The summed E-state index contributed by atoms with van der Waals surface area (Å²) < 4.78 is 39.4. The number of nitrogens with one attached hydrogen (secondary N) is 1. The van der Waals surface area contributed by atoms with E-state index in [0.29, 0.717) is 25.8 Å². The summed E-state index contributed by atoms with van der Waals surface area (Å²) in [6.07, 6.45) is -1.64. The van der Waals surface area contributed by atoms with Gasteiger partial charge in [-0.1, -0.05) is 56.7 Å². The van der Waals surface area contributed by atoms with Crippen LogP contribution in [-0.4, -0.2) is 24.9 Å². The lowest BCUT2D eigenvalue weighted by atomic mass is 9.96. The summed E-state index contributed by atoms with van der Waals surface area (Å²) in [7, 11) is 0. The molecule has 4 nitrogen and oxygen atoms in total. The molecule has 0 radical (unpaired) electrons. The maximum atomic E-state index is 13.1. The second-order valence-corrected chi connectivity index (χ2v) is 7.71. The molecule has 174 valence electrons. The zero-order valence-corrected chi connectivity index (χ0v) is 18.6. The number of benzene rings is 2. The van der Waals surface area contributed by atoms with Gasteiger partial charge in [0, 0.05) is 25.2 Å². The normalized spacial score (nSPS) is 12.3. The number of anilines is 1. The van der Waals surface area contributed by atoms with Crippen molar-refractivity contribution < 1.29 is 22.8 Å². The van der Waals surface area contributed by atoms with Crippen LogP contribution in [0.5, 0.6) is 0 Å². The third-order valence-corrected chi connectivity index (χ3v) is 5.31. The molecule has 0 aromatic heterocycles. The van der Waals surface area contributed by atoms with Crippen LogP contribution in [0.3, 0.4) is 0 Å². The minimum absolute atomic E-state index is 0.0957. The molecule has 2 aromatic rings. The largest absolute Gasteiger partial charge is 0.416 e. The maximum absolute atomic E-state index is 13.1. The smallest absolute Gasteiger partial charge is 0.356 e. The Hall–Kier alpha value is -2.83. The highest BCUT2D eigenvalue weighted by Gasteiger charge is 2.31. The molecule has 7 heteroatoms. The number of carbonyl (C=O) groups is 2. The molecule has 0 saturated carbocycles. The molecule has 0 bridgehead atoms. The summed E-state index contributed by atoms with van der Waals surface area (Å²) in [6, 6.07) is 14.3. The zero-order valence-electron chi connectivity index (χ0n) is 18.6. The first kappa shape index (κ1) is 25.4. The SMILES string of the molecule is CCCCC(=O)N(CCCNC(=O)C(CC)c1ccccc1)c1cccc(C(F)(F)F)c1. The molecule has 0 aliphatic rings. The van der Waals surface area contributed by atoms with E-state index in [-0.39, 0.29) is 36.4 Å². The minimum Gasteiger partial charge on any atom is -0.356 e. The van der Waals surface area contributed by atoms with Crippen LogP contribution < -0.4 is 10.2 Å². The number of rotatable bonds is 11. The van der Waals surface area contributed by atoms with E-state index >= 15 is 0 Å². The van der Waals surface area contributed by atoms with Gasteiger partial charge in [0.25, 0.3) is 0 Å². The van der Waals surface area contributed by atoms with Gasteiger partial charge >= 0.3 is 6.18 Å². The molecule has 0 fully saturated rings. The van der Waals surface area contributed by atoms with Gasteiger partial charge in [0.15, 0.2) is 0 Å². The highest BCUT2D eigenvalue weighted by molar-refractivity contribution is 5.93. The molecule has 2 rings (SSSR count). The minimum atomic E-state index is -4.48. The molecule has 2 amide bonds. The quantitative estimate of drug-likeness (QED) is 0.433. The highest BCUT2D eigenvalue weighted by atomic mass is 19.4. The van der Waals surface area contributed by atoms with Gasteiger partial charge in [-0.2, -0.15) is 13.2 Å². The molecule has 1 atom stereocenters. The fraction of sp³-hybridized carbons (Fsp3) is 0.440. The van der Waals surface area contributed by atoms with Crippen LogP contribution in [0.15, 0.2) is 54.6 Å². The van der Waals surface area contributed by atoms with Crippen molar-refractivity contribution in [2.45, 2.75) is 58.0 Å². The predicted octanol–water partition coefficient (Wildman–Crippen LogP) is 5.93. The number of halogens is 3. The highest BCUT2D eigenvalue weighted by Crippen LogP contribution is 2.32. The van der Waals surface area contributed by atoms with Crippen molar-refractivity contribution in [1.82, 2.24) is 5.32 Å². The third kappa shape index (κ3) is 7.39. The fourth-order valence-corrected chi connectivity index (χ4v) is 3.54. The molecule has 1 N–H and O–H groups in total. The molecule has 32 heavy (non-hydrogen) atoms. The zero-order chi connectivity index (χ0) is 23.6. The van der Waals surface area contributed by atoms with Gasteiger partial charge in [-0.3, -0.25) is 9.59 Å². The van der Waals surface area contributed by atoms with Gasteiger partial charge in [-0.15, -0.1) is 0 Å². The Bertz CT molecular complexity index is 869. The van der Waals surface area contributed by atoms with Crippen molar-refractivity contribution >= 4 is 17.5 Å². The fourth-order valence-electron chi connectivity index (χ4n) is 3.54. The van der Waals surface area contributed by atoms with Crippen molar-refractivity contribution in [2.75, 3.05) is 18.0 Å². The van der Waals surface area contributed by atoms with Gasteiger partial charge < -0.3 is 10.2 Å². The van der Waals surface area contributed by atoms with Crippen molar-refractivity contribution in [3.63, 3.8) is 0 Å². The van der Waals surface area contributed by atoms with E-state index in [1.54, 1.807) is 0 Å². The van der Waals surface area contributed by atoms with Crippen molar-refractivity contribution in [2.24, 2.45) is 0 Å². The number of alkyl halides is 3. The van der Waals surface area contributed by atoms with Crippen LogP contribution in [0.2, 0.25) is 0 Å². The predicted molar refractivity (Wildman–Crippen MR) is 120 cm³/mol. The molecule has 0 heterocycles. The number of hydrogen-bond acceptors (Lipinski definition) is 2. The summed E-state index contributed by atoms with van der Waals surface area (Å²) in [4.78, 5) is 26.7. The first-order valence-corrected chi connectivity index (χ1v) is 11.1.